The zero-order valence-corrected chi connectivity index (χ0v) is 4.92. The van der Waals surface area contributed by atoms with Crippen LogP contribution in [0.25, 0.3) is 0 Å². The summed E-state index contributed by atoms with van der Waals surface area (Å²) >= 11 is 0. The second kappa shape index (κ2) is 3.55. The highest BCUT2D eigenvalue weighted by molar-refractivity contribution is 5.58. The predicted molar refractivity (Wildman–Crippen MR) is 29.4 cm³/mol. The summed E-state index contributed by atoms with van der Waals surface area (Å²) in [7, 11) is 0. The van der Waals surface area contributed by atoms with Crippen LogP contribution in [0, 0.1) is 0 Å². The van der Waals surface area contributed by atoms with Crippen LogP contribution < -0.4 is 5.48 Å². The van der Waals surface area contributed by atoms with Gasteiger partial charge in [-0.1, -0.05) is 0 Å². The van der Waals surface area contributed by atoms with Crippen molar-refractivity contribution in [2.24, 2.45) is 0 Å². The third kappa shape index (κ3) is 2.09. The molecule has 1 heterocycles. The minimum Gasteiger partial charge on any atom is -0.377 e. The van der Waals surface area contributed by atoms with Crippen molar-refractivity contribution >= 4 is 6.29 Å². The molecule has 0 spiro atoms. The Morgan fingerprint density at radius 3 is 3.22 bits per heavy atom. The quantitative estimate of drug-likeness (QED) is 0.495. The van der Waals surface area contributed by atoms with Gasteiger partial charge in [0.1, 0.15) is 6.04 Å². The minimum absolute atomic E-state index is 0.351. The Kier molecular flexibility index (Phi) is 2.63. The van der Waals surface area contributed by atoms with Crippen LogP contribution in [-0.4, -0.2) is 32.1 Å². The fraction of sp³-hybridized carbons (Fsp3) is 0.800. The number of nitrogens with one attached hydrogen (secondary N) is 1. The van der Waals surface area contributed by atoms with Gasteiger partial charge in [0, 0.05) is 0 Å². The van der Waals surface area contributed by atoms with Crippen LogP contribution in [0.1, 0.15) is 0 Å². The van der Waals surface area contributed by atoms with Crippen LogP contribution in [0.15, 0.2) is 0 Å². The summed E-state index contributed by atoms with van der Waals surface area (Å²) in [4.78, 5) is 14.7. The summed E-state index contributed by atoms with van der Waals surface area (Å²) in [5, 5.41) is 0. The van der Waals surface area contributed by atoms with Gasteiger partial charge in [0.15, 0.2) is 0 Å². The molecular weight excluding hydrogens is 122 g/mol. The highest BCUT2D eigenvalue weighted by atomic mass is 16.7. The minimum atomic E-state index is -0.424. The molecule has 1 aliphatic heterocycles. The average Bonchev–Trinajstić information content (AvgIpc) is 2.13. The number of hydroxylamine groups is 1. The van der Waals surface area contributed by atoms with Crippen molar-refractivity contribution in [3.63, 3.8) is 0 Å². The highest BCUT2D eigenvalue weighted by Crippen LogP contribution is 1.87. The van der Waals surface area contributed by atoms with Crippen molar-refractivity contribution in [1.29, 1.82) is 0 Å². The van der Waals surface area contributed by atoms with Gasteiger partial charge in [-0.25, -0.2) is 0 Å². The second-order valence-electron chi connectivity index (χ2n) is 1.71. The Balaban J connectivity index is 2.26. The number of hydrogen-bond acceptors (Lipinski definition) is 4. The fourth-order valence-corrected chi connectivity index (χ4v) is 0.553. The first-order valence-electron chi connectivity index (χ1n) is 2.76. The standard InChI is InChI=1S/C5H8NO3/c7-3-5-4-8-1-2-9-6-5/h5-6H,1-2,4H2. The topological polar surface area (TPSA) is 47.6 Å². The van der Waals surface area contributed by atoms with E-state index in [2.05, 4.69) is 5.48 Å². The van der Waals surface area contributed by atoms with Gasteiger partial charge in [-0.3, -0.25) is 9.63 Å². The molecule has 1 radical (unpaired) electrons. The normalized spacial score (nSPS) is 29.1. The molecule has 4 heteroatoms. The van der Waals surface area contributed by atoms with Crippen LogP contribution in [0.2, 0.25) is 0 Å². The second-order valence-corrected chi connectivity index (χ2v) is 1.71. The average molecular weight is 130 g/mol. The van der Waals surface area contributed by atoms with Gasteiger partial charge in [0.25, 0.3) is 0 Å². The summed E-state index contributed by atoms with van der Waals surface area (Å²) in [6, 6.07) is -0.424. The van der Waals surface area contributed by atoms with Gasteiger partial charge < -0.3 is 4.74 Å². The molecule has 51 valence electrons. The Morgan fingerprint density at radius 1 is 1.56 bits per heavy atom. The van der Waals surface area contributed by atoms with Gasteiger partial charge in [-0.05, 0) is 0 Å². The third-order valence-electron chi connectivity index (χ3n) is 0.982. The molecule has 1 fully saturated rings. The summed E-state index contributed by atoms with van der Waals surface area (Å²) < 4.78 is 4.95. The zero-order chi connectivity index (χ0) is 6.53. The molecule has 9 heavy (non-hydrogen) atoms. The highest BCUT2D eigenvalue weighted by Gasteiger charge is 2.10. The van der Waals surface area contributed by atoms with E-state index in [1.807, 2.05) is 0 Å². The van der Waals surface area contributed by atoms with Crippen LogP contribution in [0.4, 0.5) is 0 Å². The first-order valence-corrected chi connectivity index (χ1v) is 2.76. The van der Waals surface area contributed by atoms with E-state index < -0.39 is 6.04 Å². The van der Waals surface area contributed by atoms with Gasteiger partial charge in [0.2, 0.25) is 6.29 Å². The lowest BCUT2D eigenvalue weighted by molar-refractivity contribution is 0.0397. The summed E-state index contributed by atoms with van der Waals surface area (Å²) in [6.45, 7) is 1.37. The van der Waals surface area contributed by atoms with Crippen LogP contribution in [0.3, 0.4) is 0 Å². The maximum absolute atomic E-state index is 9.97. The molecule has 0 saturated carbocycles. The Labute approximate surface area is 53.1 Å². The van der Waals surface area contributed by atoms with Crippen molar-refractivity contribution in [3.05, 3.63) is 0 Å². The molecule has 1 atom stereocenters. The molecule has 0 aromatic carbocycles. The lowest BCUT2D eigenvalue weighted by atomic mass is 10.4. The van der Waals surface area contributed by atoms with Crippen LogP contribution in [-0.2, 0) is 14.4 Å². The van der Waals surface area contributed by atoms with Gasteiger partial charge in [-0.15, -0.1) is 0 Å². The van der Waals surface area contributed by atoms with E-state index in [0.29, 0.717) is 19.8 Å². The van der Waals surface area contributed by atoms with Gasteiger partial charge in [-0.2, -0.15) is 5.48 Å². The van der Waals surface area contributed by atoms with E-state index in [-0.39, 0.29) is 0 Å². The first kappa shape index (κ1) is 6.67. The van der Waals surface area contributed by atoms with Crippen molar-refractivity contribution in [3.8, 4) is 0 Å². The molecule has 1 saturated heterocycles. The van der Waals surface area contributed by atoms with Gasteiger partial charge in [0.05, 0.1) is 19.8 Å². The molecule has 0 aromatic rings. The van der Waals surface area contributed by atoms with Crippen LogP contribution >= 0.6 is 0 Å². The third-order valence-corrected chi connectivity index (χ3v) is 0.982. The fourth-order valence-electron chi connectivity index (χ4n) is 0.553. The van der Waals surface area contributed by atoms with E-state index in [9.17, 15) is 4.79 Å². The smallest absolute Gasteiger partial charge is 0.221 e. The van der Waals surface area contributed by atoms with Gasteiger partial charge >= 0.3 is 0 Å². The molecule has 1 unspecified atom stereocenters. The van der Waals surface area contributed by atoms with Crippen LogP contribution in [0.5, 0.6) is 0 Å². The number of rotatable bonds is 1. The first-order chi connectivity index (χ1) is 4.43. The number of carbonyl (C=O) groups excluding carboxylic acids is 1. The Bertz CT molecular complexity index is 88.2. The molecule has 1 N–H and O–H groups in total. The number of hydrogen-bond donors (Lipinski definition) is 1. The maximum atomic E-state index is 9.97. The van der Waals surface area contributed by atoms with E-state index in [4.69, 9.17) is 9.57 Å². The van der Waals surface area contributed by atoms with Crippen molar-refractivity contribution in [2.45, 2.75) is 6.04 Å². The summed E-state index contributed by atoms with van der Waals surface area (Å²) in [5.41, 5.74) is 2.48. The number of ether oxygens (including phenoxy) is 1. The molecule has 0 bridgehead atoms. The SMILES string of the molecule is O=[C]C1COCCON1. The molecule has 0 amide bonds. The Morgan fingerprint density at radius 2 is 2.44 bits per heavy atom. The molecule has 0 aliphatic carbocycles. The van der Waals surface area contributed by atoms with Crippen molar-refractivity contribution < 1.29 is 14.4 Å². The predicted octanol–water partition coefficient (Wildman–Crippen LogP) is -0.984. The Hall–Kier alpha value is -0.450. The summed E-state index contributed by atoms with van der Waals surface area (Å²) in [5.74, 6) is 0. The molecule has 1 aliphatic rings. The van der Waals surface area contributed by atoms with E-state index in [1.165, 1.54) is 0 Å². The molecule has 0 aromatic heterocycles. The monoisotopic (exact) mass is 130 g/mol. The lowest BCUT2D eigenvalue weighted by Gasteiger charge is -2.02. The lowest BCUT2D eigenvalue weighted by Crippen LogP contribution is -2.32. The molecular formula is C5H8NO3. The van der Waals surface area contributed by atoms with E-state index >= 15 is 0 Å². The summed E-state index contributed by atoms with van der Waals surface area (Å²) in [6.07, 6.45) is 1.73. The zero-order valence-electron chi connectivity index (χ0n) is 4.92. The van der Waals surface area contributed by atoms with E-state index in [1.54, 1.807) is 6.29 Å². The van der Waals surface area contributed by atoms with Crippen molar-refractivity contribution in [2.75, 3.05) is 19.8 Å². The molecule has 4 nitrogen and oxygen atoms in total. The molecule has 1 rings (SSSR count). The maximum Gasteiger partial charge on any atom is 0.221 e. The van der Waals surface area contributed by atoms with Crippen molar-refractivity contribution in [1.82, 2.24) is 5.48 Å². The van der Waals surface area contributed by atoms with E-state index in [0.717, 1.165) is 0 Å². The largest absolute Gasteiger partial charge is 0.377 e.